The summed E-state index contributed by atoms with van der Waals surface area (Å²) in [5, 5.41) is 1.13. The van der Waals surface area contributed by atoms with Crippen molar-refractivity contribution in [1.29, 1.82) is 0 Å². The molecule has 1 aromatic carbocycles. The van der Waals surface area contributed by atoms with Crippen LogP contribution in [0.1, 0.15) is 45.1 Å². The summed E-state index contributed by atoms with van der Waals surface area (Å²) in [7, 11) is -3.48. The normalized spacial score (nSPS) is 23.0. The summed E-state index contributed by atoms with van der Waals surface area (Å²) in [5.74, 6) is -0.384. The molecule has 7 heteroatoms. The van der Waals surface area contributed by atoms with Crippen LogP contribution in [0, 0.1) is 17.7 Å². The molecule has 1 aliphatic carbocycles. The molecule has 0 N–H and O–H groups in total. The minimum atomic E-state index is -3.48. The topological polar surface area (TPSA) is 54.5 Å². The Morgan fingerprint density at radius 2 is 2.07 bits per heavy atom. The number of hydrogen-bond acceptors (Lipinski definition) is 3. The first-order valence-electron chi connectivity index (χ1n) is 9.24. The molecule has 150 valence electrons. The molecule has 3 unspecified atom stereocenters. The van der Waals surface area contributed by atoms with Crippen LogP contribution in [0.5, 0.6) is 0 Å². The van der Waals surface area contributed by atoms with Gasteiger partial charge in [-0.15, -0.1) is 0 Å². The van der Waals surface area contributed by atoms with Crippen molar-refractivity contribution in [3.05, 3.63) is 46.6 Å². The number of halogens is 2. The maximum Gasteiger partial charge on any atom is 0.224 e. The van der Waals surface area contributed by atoms with Crippen LogP contribution in [0.25, 0.3) is 0 Å². The fourth-order valence-corrected chi connectivity index (χ4v) is 4.54. The Morgan fingerprint density at radius 1 is 1.37 bits per heavy atom. The molecule has 0 radical (unpaired) electrons. The third-order valence-corrected chi connectivity index (χ3v) is 7.26. The van der Waals surface area contributed by atoms with E-state index in [0.717, 1.165) is 24.7 Å². The molecule has 1 saturated carbocycles. The predicted molar refractivity (Wildman–Crippen MR) is 107 cm³/mol. The van der Waals surface area contributed by atoms with E-state index in [1.165, 1.54) is 12.1 Å². The molecule has 2 rings (SSSR count). The number of sulfone groups is 1. The van der Waals surface area contributed by atoms with Crippen LogP contribution in [0.4, 0.5) is 4.39 Å². The van der Waals surface area contributed by atoms with E-state index in [9.17, 15) is 17.6 Å². The number of carbonyl (C=O) groups excluding carboxylic acids is 1. The van der Waals surface area contributed by atoms with Crippen LogP contribution in [-0.2, 0) is 21.2 Å². The molecular weight excluding hydrogens is 389 g/mol. The average molecular weight is 416 g/mol. The molecular formula is C20H27ClFNO3S. The van der Waals surface area contributed by atoms with Crippen LogP contribution in [0.3, 0.4) is 0 Å². The highest BCUT2D eigenvalue weighted by molar-refractivity contribution is 7.94. The molecule has 1 aromatic rings. The van der Waals surface area contributed by atoms with E-state index in [1.807, 2.05) is 0 Å². The first-order valence-corrected chi connectivity index (χ1v) is 11.3. The van der Waals surface area contributed by atoms with Crippen molar-refractivity contribution >= 4 is 27.3 Å². The van der Waals surface area contributed by atoms with Crippen molar-refractivity contribution < 1.29 is 17.6 Å². The Morgan fingerprint density at radius 3 is 2.70 bits per heavy atom. The molecule has 4 nitrogen and oxygen atoms in total. The molecule has 0 bridgehead atoms. The minimum Gasteiger partial charge on any atom is -0.335 e. The smallest absolute Gasteiger partial charge is 0.224 e. The number of carbonyl (C=O) groups is 1. The Bertz CT molecular complexity index is 776. The van der Waals surface area contributed by atoms with Crippen LogP contribution in [0.2, 0.25) is 5.02 Å². The maximum absolute atomic E-state index is 14.3. The lowest BCUT2D eigenvalue weighted by molar-refractivity contribution is -0.136. The van der Waals surface area contributed by atoms with Gasteiger partial charge in [0.1, 0.15) is 5.82 Å². The molecule has 0 heterocycles. The first kappa shape index (κ1) is 21.9. The van der Waals surface area contributed by atoms with Gasteiger partial charge in [-0.25, -0.2) is 12.8 Å². The molecule has 1 fully saturated rings. The molecule has 1 aliphatic rings. The van der Waals surface area contributed by atoms with Gasteiger partial charge in [0.2, 0.25) is 5.91 Å². The van der Waals surface area contributed by atoms with E-state index in [0.29, 0.717) is 5.92 Å². The lowest BCUT2D eigenvalue weighted by Gasteiger charge is -2.42. The van der Waals surface area contributed by atoms with Gasteiger partial charge in [-0.3, -0.25) is 4.79 Å². The molecule has 0 spiro atoms. The van der Waals surface area contributed by atoms with Gasteiger partial charge >= 0.3 is 0 Å². The number of nitrogens with zero attached hydrogens (tertiary/aromatic N) is 1. The zero-order chi connectivity index (χ0) is 20.2. The first-order chi connectivity index (χ1) is 12.7. The van der Waals surface area contributed by atoms with Gasteiger partial charge in [0.15, 0.2) is 9.84 Å². The standard InChI is InChI=1S/C20H27ClFNO3S/c1-4-27(25,26)12-11-20(24)23(19-10-5-7-14(2)15(19)3)13-16-17(21)8-6-9-18(16)22/h4,6,8-9,14-15,19H,1,5,7,10-13H2,2-3H3. The van der Waals surface area contributed by atoms with Crippen molar-refractivity contribution in [2.24, 2.45) is 11.8 Å². The predicted octanol–water partition coefficient (Wildman–Crippen LogP) is 4.58. The summed E-state index contributed by atoms with van der Waals surface area (Å²) in [5.41, 5.74) is 0.268. The lowest BCUT2D eigenvalue weighted by atomic mass is 9.77. The van der Waals surface area contributed by atoms with Gasteiger partial charge in [0.05, 0.1) is 12.3 Å². The van der Waals surface area contributed by atoms with Crippen molar-refractivity contribution in [3.63, 3.8) is 0 Å². The van der Waals surface area contributed by atoms with Gasteiger partial charge in [0, 0.05) is 28.5 Å². The summed E-state index contributed by atoms with van der Waals surface area (Å²) in [4.78, 5) is 14.6. The highest BCUT2D eigenvalue weighted by Gasteiger charge is 2.34. The zero-order valence-electron chi connectivity index (χ0n) is 15.8. The summed E-state index contributed by atoms with van der Waals surface area (Å²) in [6.07, 6.45) is 2.73. The van der Waals surface area contributed by atoms with Gasteiger partial charge in [0.25, 0.3) is 0 Å². The highest BCUT2D eigenvalue weighted by atomic mass is 35.5. The monoisotopic (exact) mass is 415 g/mol. The van der Waals surface area contributed by atoms with Crippen LogP contribution in [-0.4, -0.2) is 31.0 Å². The van der Waals surface area contributed by atoms with Crippen LogP contribution in [0.15, 0.2) is 30.2 Å². The van der Waals surface area contributed by atoms with Crippen LogP contribution < -0.4 is 0 Å². The van der Waals surface area contributed by atoms with Gasteiger partial charge in [-0.1, -0.05) is 50.9 Å². The van der Waals surface area contributed by atoms with Gasteiger partial charge in [-0.05, 0) is 30.4 Å². The SMILES string of the molecule is C=CS(=O)(=O)CCC(=O)N(Cc1c(F)cccc1Cl)C1CCCC(C)C1C. The number of benzene rings is 1. The molecule has 0 aromatic heterocycles. The molecule has 1 amide bonds. The second kappa shape index (κ2) is 9.20. The summed E-state index contributed by atoms with van der Waals surface area (Å²) in [6.45, 7) is 7.57. The molecule has 27 heavy (non-hydrogen) atoms. The van der Waals surface area contributed by atoms with Crippen molar-refractivity contribution in [2.45, 2.75) is 52.1 Å². The summed E-state index contributed by atoms with van der Waals surface area (Å²) >= 11 is 6.17. The average Bonchev–Trinajstić information content (AvgIpc) is 2.62. The van der Waals surface area contributed by atoms with E-state index in [1.54, 1.807) is 11.0 Å². The van der Waals surface area contributed by atoms with Gasteiger partial charge < -0.3 is 4.90 Å². The lowest BCUT2D eigenvalue weighted by Crippen LogP contribution is -2.47. The molecule has 0 aliphatic heterocycles. The van der Waals surface area contributed by atoms with E-state index >= 15 is 0 Å². The number of rotatable bonds is 7. The molecule has 3 atom stereocenters. The fraction of sp³-hybridized carbons (Fsp3) is 0.550. The number of hydrogen-bond donors (Lipinski definition) is 0. The summed E-state index contributed by atoms with van der Waals surface area (Å²) < 4.78 is 37.7. The minimum absolute atomic E-state index is 0.0419. The second-order valence-electron chi connectivity index (χ2n) is 7.34. The number of amides is 1. The van der Waals surface area contributed by atoms with E-state index in [-0.39, 0.29) is 47.2 Å². The van der Waals surface area contributed by atoms with Crippen molar-refractivity contribution in [1.82, 2.24) is 4.90 Å². The zero-order valence-corrected chi connectivity index (χ0v) is 17.4. The molecule has 0 saturated heterocycles. The van der Waals surface area contributed by atoms with Crippen molar-refractivity contribution in [2.75, 3.05) is 5.75 Å². The van der Waals surface area contributed by atoms with Crippen molar-refractivity contribution in [3.8, 4) is 0 Å². The van der Waals surface area contributed by atoms with Crippen LogP contribution >= 0.6 is 11.6 Å². The third-order valence-electron chi connectivity index (χ3n) is 5.63. The quantitative estimate of drug-likeness (QED) is 0.654. The Labute approximate surface area is 166 Å². The third kappa shape index (κ3) is 5.55. The summed E-state index contributed by atoms with van der Waals surface area (Å²) in [6, 6.07) is 4.37. The van der Waals surface area contributed by atoms with Gasteiger partial charge in [-0.2, -0.15) is 0 Å². The maximum atomic E-state index is 14.3. The Kier molecular flexibility index (Phi) is 7.46. The Hall–Kier alpha value is -1.40. The largest absolute Gasteiger partial charge is 0.335 e. The van der Waals surface area contributed by atoms with E-state index in [4.69, 9.17) is 11.6 Å². The second-order valence-corrected chi connectivity index (χ2v) is 9.81. The van der Waals surface area contributed by atoms with E-state index in [2.05, 4.69) is 20.4 Å². The highest BCUT2D eigenvalue weighted by Crippen LogP contribution is 2.35. The van der Waals surface area contributed by atoms with E-state index < -0.39 is 15.7 Å². The Balaban J connectivity index is 2.30. The fourth-order valence-electron chi connectivity index (χ4n) is 3.69.